The Morgan fingerprint density at radius 2 is 1.59 bits per heavy atom. The average Bonchev–Trinajstić information content (AvgIpc) is 3.32. The Morgan fingerprint density at radius 1 is 0.865 bits per heavy atom. The van der Waals surface area contributed by atoms with Gasteiger partial charge in [-0.25, -0.2) is 0 Å². The summed E-state index contributed by atoms with van der Waals surface area (Å²) < 4.78 is 17.5. The zero-order valence-corrected chi connectivity index (χ0v) is 21.2. The van der Waals surface area contributed by atoms with E-state index in [4.69, 9.17) is 13.9 Å². The summed E-state index contributed by atoms with van der Waals surface area (Å²) in [7, 11) is 0. The van der Waals surface area contributed by atoms with E-state index in [0.717, 1.165) is 33.2 Å². The summed E-state index contributed by atoms with van der Waals surface area (Å²) in [6.45, 7) is 6.78. The van der Waals surface area contributed by atoms with Gasteiger partial charge in [-0.3, -0.25) is 4.79 Å². The van der Waals surface area contributed by atoms with Gasteiger partial charge in [-0.1, -0.05) is 48.5 Å². The van der Waals surface area contributed by atoms with Crippen LogP contribution >= 0.6 is 0 Å². The van der Waals surface area contributed by atoms with Crippen LogP contribution in [-0.2, 0) is 4.79 Å². The van der Waals surface area contributed by atoms with Crippen molar-refractivity contribution in [3.8, 4) is 22.6 Å². The molecule has 0 radical (unpaired) electrons. The van der Waals surface area contributed by atoms with Crippen molar-refractivity contribution >= 4 is 38.9 Å². The highest BCUT2D eigenvalue weighted by atomic mass is 16.5. The molecule has 0 atom stereocenters. The molecule has 0 aliphatic heterocycles. The molecule has 1 N–H and O–H groups in total. The van der Waals surface area contributed by atoms with Crippen molar-refractivity contribution in [2.75, 3.05) is 18.5 Å². The van der Waals surface area contributed by atoms with E-state index in [1.54, 1.807) is 12.3 Å². The van der Waals surface area contributed by atoms with E-state index >= 15 is 0 Å². The van der Waals surface area contributed by atoms with Crippen LogP contribution in [-0.4, -0.2) is 19.1 Å². The lowest BCUT2D eigenvalue weighted by molar-refractivity contribution is -0.111. The van der Waals surface area contributed by atoms with Gasteiger partial charge in [0.05, 0.1) is 25.2 Å². The number of benzene rings is 4. The van der Waals surface area contributed by atoms with Gasteiger partial charge in [0.15, 0.2) is 0 Å². The highest BCUT2D eigenvalue weighted by Gasteiger charge is 2.16. The zero-order valence-electron chi connectivity index (χ0n) is 21.2. The van der Waals surface area contributed by atoms with Gasteiger partial charge in [-0.2, -0.15) is 0 Å². The summed E-state index contributed by atoms with van der Waals surface area (Å²) >= 11 is 0. The maximum atomic E-state index is 12.9. The van der Waals surface area contributed by atoms with Gasteiger partial charge in [0.2, 0.25) is 5.91 Å². The van der Waals surface area contributed by atoms with Crippen LogP contribution in [0.15, 0.2) is 95.6 Å². The molecule has 0 fully saturated rings. The van der Waals surface area contributed by atoms with Gasteiger partial charge in [-0.05, 0) is 66.9 Å². The highest BCUT2D eigenvalue weighted by molar-refractivity contribution is 6.06. The molecule has 0 spiro atoms. The second-order valence-corrected chi connectivity index (χ2v) is 8.73. The summed E-state index contributed by atoms with van der Waals surface area (Å²) in [5.74, 6) is 1.07. The summed E-state index contributed by atoms with van der Waals surface area (Å²) in [4.78, 5) is 12.9. The Labute approximate surface area is 216 Å². The topological polar surface area (TPSA) is 60.7 Å². The number of para-hydroxylation sites is 2. The van der Waals surface area contributed by atoms with Crippen LogP contribution in [0.1, 0.15) is 26.3 Å². The van der Waals surface area contributed by atoms with Crippen molar-refractivity contribution in [1.29, 1.82) is 0 Å². The zero-order chi connectivity index (χ0) is 25.8. The van der Waals surface area contributed by atoms with Crippen molar-refractivity contribution in [1.82, 2.24) is 0 Å². The van der Waals surface area contributed by atoms with Crippen LogP contribution in [0, 0.1) is 0 Å². The van der Waals surface area contributed by atoms with E-state index < -0.39 is 0 Å². The maximum Gasteiger partial charge on any atom is 0.248 e. The van der Waals surface area contributed by atoms with E-state index in [0.29, 0.717) is 30.4 Å². The van der Waals surface area contributed by atoms with Gasteiger partial charge in [0.25, 0.3) is 0 Å². The number of anilines is 1. The monoisotopic (exact) mass is 491 g/mol. The summed E-state index contributed by atoms with van der Waals surface area (Å²) in [5, 5.41) is 6.25. The molecule has 5 heteroatoms. The molecule has 37 heavy (non-hydrogen) atoms. The van der Waals surface area contributed by atoms with E-state index in [2.05, 4.69) is 35.6 Å². The van der Waals surface area contributed by atoms with Crippen molar-refractivity contribution in [3.05, 3.63) is 96.8 Å². The highest BCUT2D eigenvalue weighted by Crippen LogP contribution is 2.38. The van der Waals surface area contributed by atoms with Gasteiger partial charge >= 0.3 is 0 Å². The third kappa shape index (κ3) is 5.07. The predicted molar refractivity (Wildman–Crippen MR) is 150 cm³/mol. The lowest BCUT2D eigenvalue weighted by Crippen LogP contribution is -2.10. The SMILES string of the molecule is CCOc1ccccc1NC(=O)/C=C(\C)c1cc2c(-c3ccc4ccccc4c3)coc2cc1OCC. The molecule has 5 aromatic rings. The lowest BCUT2D eigenvalue weighted by Gasteiger charge is -2.13. The summed E-state index contributed by atoms with van der Waals surface area (Å²) in [6.07, 6.45) is 3.37. The second kappa shape index (κ2) is 10.6. The van der Waals surface area contributed by atoms with Crippen LogP contribution in [0.2, 0.25) is 0 Å². The Bertz CT molecular complexity index is 1610. The number of allylic oxidation sites excluding steroid dienone is 1. The molecule has 5 nitrogen and oxygen atoms in total. The fourth-order valence-corrected chi connectivity index (χ4v) is 4.51. The van der Waals surface area contributed by atoms with Gasteiger partial charge in [0, 0.05) is 28.7 Å². The van der Waals surface area contributed by atoms with Crippen molar-refractivity contribution < 1.29 is 18.7 Å². The Kier molecular flexibility index (Phi) is 6.95. The number of carbonyl (C=O) groups is 1. The van der Waals surface area contributed by atoms with Crippen LogP contribution < -0.4 is 14.8 Å². The summed E-state index contributed by atoms with van der Waals surface area (Å²) in [6, 6.07) is 26.0. The predicted octanol–water partition coefficient (Wildman–Crippen LogP) is 8.09. The molecule has 0 saturated heterocycles. The number of rotatable bonds is 8. The maximum absolute atomic E-state index is 12.9. The van der Waals surface area contributed by atoms with E-state index in [9.17, 15) is 4.79 Å². The van der Waals surface area contributed by atoms with Gasteiger partial charge in [0.1, 0.15) is 17.1 Å². The molecule has 186 valence electrons. The molecule has 0 unspecified atom stereocenters. The lowest BCUT2D eigenvalue weighted by atomic mass is 9.97. The van der Waals surface area contributed by atoms with Crippen molar-refractivity contribution in [2.45, 2.75) is 20.8 Å². The minimum atomic E-state index is -0.242. The van der Waals surface area contributed by atoms with E-state index in [1.165, 1.54) is 10.8 Å². The Morgan fingerprint density at radius 3 is 2.41 bits per heavy atom. The number of hydrogen-bond donors (Lipinski definition) is 1. The number of furan rings is 1. The second-order valence-electron chi connectivity index (χ2n) is 8.73. The molecule has 4 aromatic carbocycles. The minimum Gasteiger partial charge on any atom is -0.493 e. The first-order valence-corrected chi connectivity index (χ1v) is 12.5. The molecule has 5 rings (SSSR count). The normalized spacial score (nSPS) is 11.6. The third-order valence-electron chi connectivity index (χ3n) is 6.25. The molecule has 0 aliphatic rings. The van der Waals surface area contributed by atoms with Gasteiger partial charge in [-0.15, -0.1) is 0 Å². The van der Waals surface area contributed by atoms with E-state index in [1.807, 2.05) is 69.3 Å². The first-order valence-electron chi connectivity index (χ1n) is 12.5. The molecular formula is C32H29NO4. The molecule has 1 aromatic heterocycles. The molecular weight excluding hydrogens is 462 g/mol. The molecule has 0 aliphatic carbocycles. The van der Waals surface area contributed by atoms with Crippen LogP contribution in [0.25, 0.3) is 38.4 Å². The fraction of sp³-hybridized carbons (Fsp3) is 0.156. The number of hydrogen-bond acceptors (Lipinski definition) is 4. The minimum absolute atomic E-state index is 0.242. The molecule has 0 bridgehead atoms. The first kappa shape index (κ1) is 24.2. The van der Waals surface area contributed by atoms with Crippen LogP contribution in [0.4, 0.5) is 5.69 Å². The fourth-order valence-electron chi connectivity index (χ4n) is 4.51. The Balaban J connectivity index is 1.52. The first-order chi connectivity index (χ1) is 18.1. The number of ether oxygens (including phenoxy) is 2. The largest absolute Gasteiger partial charge is 0.493 e. The van der Waals surface area contributed by atoms with Crippen molar-refractivity contribution in [3.63, 3.8) is 0 Å². The number of nitrogens with one attached hydrogen (secondary N) is 1. The Hall–Kier alpha value is -4.51. The van der Waals surface area contributed by atoms with E-state index in [-0.39, 0.29) is 5.91 Å². The summed E-state index contributed by atoms with van der Waals surface area (Å²) in [5.41, 5.74) is 5.05. The van der Waals surface area contributed by atoms with Crippen molar-refractivity contribution in [2.24, 2.45) is 0 Å². The number of amides is 1. The molecule has 1 amide bonds. The average molecular weight is 492 g/mol. The quantitative estimate of drug-likeness (QED) is 0.223. The standard InChI is InChI=1S/C32H29NO4/c1-4-35-29-13-9-8-12-28(29)33-32(34)16-21(3)25-18-26-27(20-37-31(26)19-30(25)36-5-2)24-15-14-22-10-6-7-11-23(22)17-24/h6-20H,4-5H2,1-3H3,(H,33,34)/b21-16+. The van der Waals surface area contributed by atoms with Crippen LogP contribution in [0.5, 0.6) is 11.5 Å². The number of fused-ring (bicyclic) bond motifs is 2. The molecule has 1 heterocycles. The molecule has 0 saturated carbocycles. The van der Waals surface area contributed by atoms with Crippen LogP contribution in [0.3, 0.4) is 0 Å². The number of carbonyl (C=O) groups excluding carboxylic acids is 1. The smallest absolute Gasteiger partial charge is 0.248 e. The third-order valence-corrected chi connectivity index (χ3v) is 6.25. The van der Waals surface area contributed by atoms with Gasteiger partial charge < -0.3 is 19.2 Å².